The maximum atomic E-state index is 14.6. The van der Waals surface area contributed by atoms with Crippen molar-refractivity contribution in [2.45, 2.75) is 31.8 Å². The molecule has 1 aromatic heterocycles. The summed E-state index contributed by atoms with van der Waals surface area (Å²) in [5, 5.41) is 1.91. The van der Waals surface area contributed by atoms with Gasteiger partial charge in [0.15, 0.2) is 11.5 Å². The second-order valence-corrected chi connectivity index (χ2v) is 9.97. The minimum atomic E-state index is -0.211. The van der Waals surface area contributed by atoms with Gasteiger partial charge in [0, 0.05) is 25.2 Å². The van der Waals surface area contributed by atoms with Crippen LogP contribution in [0.1, 0.15) is 33.6 Å². The van der Waals surface area contributed by atoms with Gasteiger partial charge in [0.25, 0.3) is 5.91 Å². The summed E-state index contributed by atoms with van der Waals surface area (Å²) >= 11 is 1.45. The van der Waals surface area contributed by atoms with Crippen LogP contribution in [0.3, 0.4) is 0 Å². The van der Waals surface area contributed by atoms with Crippen LogP contribution in [0, 0.1) is 11.7 Å². The number of likely N-dealkylation sites (N-methyl/N-ethyl adjacent to an activating group) is 1. The molecular weight excluding hydrogens is 463 g/mol. The fourth-order valence-electron chi connectivity index (χ4n) is 5.05. The Kier molecular flexibility index (Phi) is 8.42. The molecule has 0 spiro atoms. The molecule has 1 fully saturated rings. The van der Waals surface area contributed by atoms with E-state index in [4.69, 9.17) is 9.47 Å². The predicted octanol–water partition coefficient (Wildman–Crippen LogP) is 5.50. The Hall–Kier alpha value is -2.90. The highest BCUT2D eigenvalue weighted by molar-refractivity contribution is 7.12. The third kappa shape index (κ3) is 5.85. The largest absolute Gasteiger partial charge is 0.493 e. The van der Waals surface area contributed by atoms with E-state index < -0.39 is 0 Å². The van der Waals surface area contributed by atoms with E-state index in [0.29, 0.717) is 16.9 Å². The highest BCUT2D eigenvalue weighted by Crippen LogP contribution is 2.33. The lowest BCUT2D eigenvalue weighted by atomic mass is 9.84. The molecule has 1 atom stereocenters. The summed E-state index contributed by atoms with van der Waals surface area (Å²) in [5.41, 5.74) is 1.75. The molecule has 0 bridgehead atoms. The number of hydrogen-bond acceptors (Lipinski definition) is 5. The maximum Gasteiger partial charge on any atom is 0.263 e. The van der Waals surface area contributed by atoms with Crippen LogP contribution in [0.5, 0.6) is 11.5 Å². The number of nitrogens with zero attached hydrogens (tertiary/aromatic N) is 2. The molecule has 0 unspecified atom stereocenters. The van der Waals surface area contributed by atoms with E-state index in [2.05, 4.69) is 11.0 Å². The molecule has 1 saturated heterocycles. The Labute approximate surface area is 211 Å². The second kappa shape index (κ2) is 11.7. The zero-order valence-corrected chi connectivity index (χ0v) is 21.4. The van der Waals surface area contributed by atoms with Gasteiger partial charge in [-0.25, -0.2) is 4.39 Å². The first-order valence-corrected chi connectivity index (χ1v) is 12.9. The van der Waals surface area contributed by atoms with Crippen molar-refractivity contribution in [2.75, 3.05) is 34.4 Å². The van der Waals surface area contributed by atoms with Crippen LogP contribution in [0.4, 0.5) is 4.39 Å². The number of ether oxygens (including phenoxy) is 2. The van der Waals surface area contributed by atoms with Crippen LogP contribution >= 0.6 is 11.3 Å². The third-order valence-electron chi connectivity index (χ3n) is 6.99. The monoisotopic (exact) mass is 496 g/mol. The van der Waals surface area contributed by atoms with E-state index in [1.807, 2.05) is 53.7 Å². The molecule has 4 rings (SSSR count). The smallest absolute Gasteiger partial charge is 0.263 e. The van der Waals surface area contributed by atoms with E-state index in [-0.39, 0.29) is 23.7 Å². The summed E-state index contributed by atoms with van der Waals surface area (Å²) in [4.78, 5) is 18.2. The summed E-state index contributed by atoms with van der Waals surface area (Å²) in [6.07, 6.45) is 2.38. The molecule has 186 valence electrons. The molecule has 7 heteroatoms. The number of para-hydroxylation sites is 1. The van der Waals surface area contributed by atoms with Crippen molar-refractivity contribution < 1.29 is 18.7 Å². The number of likely N-dealkylation sites (tertiary alicyclic amines) is 1. The zero-order valence-electron chi connectivity index (χ0n) is 20.6. The van der Waals surface area contributed by atoms with Crippen molar-refractivity contribution in [1.29, 1.82) is 0 Å². The summed E-state index contributed by atoms with van der Waals surface area (Å²) in [6, 6.07) is 16.5. The van der Waals surface area contributed by atoms with E-state index >= 15 is 0 Å². The van der Waals surface area contributed by atoms with Gasteiger partial charge in [0.1, 0.15) is 5.82 Å². The van der Waals surface area contributed by atoms with Crippen molar-refractivity contribution >= 4 is 17.2 Å². The van der Waals surface area contributed by atoms with Gasteiger partial charge in [0.2, 0.25) is 0 Å². The minimum Gasteiger partial charge on any atom is -0.493 e. The molecule has 2 heterocycles. The highest BCUT2D eigenvalue weighted by Gasteiger charge is 2.33. The zero-order chi connectivity index (χ0) is 24.8. The first kappa shape index (κ1) is 25.2. The van der Waals surface area contributed by atoms with Gasteiger partial charge >= 0.3 is 0 Å². The van der Waals surface area contributed by atoms with Crippen LogP contribution in [-0.2, 0) is 13.0 Å². The summed E-state index contributed by atoms with van der Waals surface area (Å²) < 4.78 is 25.6. The Morgan fingerprint density at radius 3 is 2.46 bits per heavy atom. The van der Waals surface area contributed by atoms with Crippen LogP contribution in [0.15, 0.2) is 60.0 Å². The van der Waals surface area contributed by atoms with Crippen LogP contribution in [-0.4, -0.2) is 56.1 Å². The van der Waals surface area contributed by atoms with Gasteiger partial charge in [-0.05, 0) is 67.4 Å². The van der Waals surface area contributed by atoms with E-state index in [1.54, 1.807) is 20.3 Å². The van der Waals surface area contributed by atoms with Gasteiger partial charge in [0.05, 0.1) is 19.1 Å². The van der Waals surface area contributed by atoms with Crippen LogP contribution in [0.25, 0.3) is 0 Å². The summed E-state index contributed by atoms with van der Waals surface area (Å²) in [7, 11) is 5.18. The van der Waals surface area contributed by atoms with Gasteiger partial charge < -0.3 is 14.4 Å². The molecule has 2 aromatic carbocycles. The lowest BCUT2D eigenvalue weighted by Gasteiger charge is -2.40. The summed E-state index contributed by atoms with van der Waals surface area (Å²) in [6.45, 7) is 2.58. The van der Waals surface area contributed by atoms with Gasteiger partial charge in [-0.1, -0.05) is 36.4 Å². The number of carbonyl (C=O) groups is 1. The average molecular weight is 497 g/mol. The molecule has 35 heavy (non-hydrogen) atoms. The standard InChI is InChI=1S/C28H33FN2O3S/c1-30(28(32)26-12-7-17-35-26)24(18-21-8-4-5-10-23(21)29)20-13-15-31(16-14-20)19-22-9-6-11-25(33-2)27(22)34-3/h4-12,17,20,24H,13-16,18-19H2,1-3H3/t24-/m1/s1. The molecule has 1 aliphatic rings. The van der Waals surface area contributed by atoms with Crippen LogP contribution < -0.4 is 9.47 Å². The topological polar surface area (TPSA) is 42.0 Å². The molecule has 5 nitrogen and oxygen atoms in total. The van der Waals surface area contributed by atoms with Crippen molar-refractivity contribution in [1.82, 2.24) is 9.80 Å². The van der Waals surface area contributed by atoms with E-state index in [9.17, 15) is 9.18 Å². The third-order valence-corrected chi connectivity index (χ3v) is 7.85. The fourth-order valence-corrected chi connectivity index (χ4v) is 5.75. The average Bonchev–Trinajstić information content (AvgIpc) is 3.43. The SMILES string of the molecule is COc1cccc(CN2CCC([C@@H](Cc3ccccc3F)N(C)C(=O)c3cccs3)CC2)c1OC. The van der Waals surface area contributed by atoms with Crippen molar-refractivity contribution in [2.24, 2.45) is 5.92 Å². The Morgan fingerprint density at radius 2 is 1.80 bits per heavy atom. The number of hydrogen-bond donors (Lipinski definition) is 0. The number of thiophene rings is 1. The van der Waals surface area contributed by atoms with Crippen molar-refractivity contribution in [3.8, 4) is 11.5 Å². The maximum absolute atomic E-state index is 14.6. The molecular formula is C28H33FN2O3S. The van der Waals surface area contributed by atoms with Gasteiger partial charge in [-0.15, -0.1) is 11.3 Å². The number of amides is 1. The molecule has 0 N–H and O–H groups in total. The molecule has 1 amide bonds. The lowest BCUT2D eigenvalue weighted by Crippen LogP contribution is -2.47. The Balaban J connectivity index is 1.48. The number of piperidine rings is 1. The molecule has 0 saturated carbocycles. The number of carbonyl (C=O) groups excluding carboxylic acids is 1. The Bertz CT molecular complexity index is 1110. The lowest BCUT2D eigenvalue weighted by molar-refractivity contribution is 0.0587. The second-order valence-electron chi connectivity index (χ2n) is 9.02. The first-order valence-electron chi connectivity index (χ1n) is 12.0. The van der Waals surface area contributed by atoms with Crippen molar-refractivity contribution in [3.05, 3.63) is 81.8 Å². The number of benzene rings is 2. The minimum absolute atomic E-state index is 0.00452. The molecule has 3 aromatic rings. The normalized spacial score (nSPS) is 15.5. The van der Waals surface area contributed by atoms with Gasteiger partial charge in [-0.2, -0.15) is 0 Å². The number of methoxy groups -OCH3 is 2. The molecule has 0 radical (unpaired) electrons. The number of halogens is 1. The fraction of sp³-hybridized carbons (Fsp3) is 0.393. The van der Waals surface area contributed by atoms with E-state index in [1.165, 1.54) is 17.4 Å². The number of rotatable bonds is 9. The highest BCUT2D eigenvalue weighted by atomic mass is 32.1. The van der Waals surface area contributed by atoms with Gasteiger partial charge in [-0.3, -0.25) is 9.69 Å². The van der Waals surface area contributed by atoms with Crippen molar-refractivity contribution in [3.63, 3.8) is 0 Å². The Morgan fingerprint density at radius 1 is 1.06 bits per heavy atom. The molecule has 0 aliphatic carbocycles. The quantitative estimate of drug-likeness (QED) is 0.392. The summed E-state index contributed by atoms with van der Waals surface area (Å²) in [5.74, 6) is 1.59. The van der Waals surface area contributed by atoms with E-state index in [0.717, 1.165) is 49.5 Å². The molecule has 1 aliphatic heterocycles. The predicted molar refractivity (Wildman–Crippen MR) is 138 cm³/mol. The first-order chi connectivity index (χ1) is 17.0. The van der Waals surface area contributed by atoms with Crippen LogP contribution in [0.2, 0.25) is 0 Å².